The third-order valence-corrected chi connectivity index (χ3v) is 2.78. The van der Waals surface area contributed by atoms with Crippen LogP contribution >= 0.6 is 0 Å². The maximum atomic E-state index is 11.0. The fourth-order valence-electron chi connectivity index (χ4n) is 1.72. The molecule has 0 spiro atoms. The Morgan fingerprint density at radius 2 is 1.80 bits per heavy atom. The third kappa shape index (κ3) is 3.74. The van der Waals surface area contributed by atoms with Crippen LogP contribution in [0.25, 0.3) is 0 Å². The third-order valence-electron chi connectivity index (χ3n) is 2.78. The van der Waals surface area contributed by atoms with Gasteiger partial charge in [-0.1, -0.05) is 29.8 Å². The van der Waals surface area contributed by atoms with Crippen LogP contribution in [-0.2, 0) is 4.79 Å². The molecule has 0 aliphatic heterocycles. The van der Waals surface area contributed by atoms with E-state index in [1.54, 1.807) is 0 Å². The first-order valence-electron chi connectivity index (χ1n) is 6.34. The molecule has 0 fully saturated rings. The summed E-state index contributed by atoms with van der Waals surface area (Å²) in [4.78, 5) is 23.0. The Morgan fingerprint density at radius 3 is 2.45 bits per heavy atom. The first-order chi connectivity index (χ1) is 9.54. The van der Waals surface area contributed by atoms with Crippen molar-refractivity contribution in [1.29, 1.82) is 0 Å². The van der Waals surface area contributed by atoms with Crippen molar-refractivity contribution in [3.8, 4) is 0 Å². The van der Waals surface area contributed by atoms with Crippen LogP contribution in [0.2, 0.25) is 0 Å². The van der Waals surface area contributed by atoms with Gasteiger partial charge in [-0.2, -0.15) is 4.98 Å². The number of hydrogen-bond acceptors (Lipinski definition) is 5. The summed E-state index contributed by atoms with van der Waals surface area (Å²) in [5.41, 5.74) is 2.35. The predicted octanol–water partition coefficient (Wildman–Crippen LogP) is 2.31. The lowest BCUT2D eigenvalue weighted by molar-refractivity contribution is -0.114. The van der Waals surface area contributed by atoms with Crippen molar-refractivity contribution in [3.63, 3.8) is 0 Å². The number of amides is 1. The topological polar surface area (TPSA) is 79.8 Å². The van der Waals surface area contributed by atoms with Gasteiger partial charge in [0.25, 0.3) is 0 Å². The first-order valence-corrected chi connectivity index (χ1v) is 6.34. The summed E-state index contributed by atoms with van der Waals surface area (Å²) in [5.74, 6) is 0.455. The van der Waals surface area contributed by atoms with E-state index in [1.807, 2.05) is 13.8 Å². The number of carbonyl (C=O) groups is 1. The summed E-state index contributed by atoms with van der Waals surface area (Å²) in [7, 11) is 0. The van der Waals surface area contributed by atoms with Gasteiger partial charge in [0.2, 0.25) is 17.8 Å². The van der Waals surface area contributed by atoms with Crippen LogP contribution in [0.5, 0.6) is 0 Å². The van der Waals surface area contributed by atoms with Crippen LogP contribution in [0.4, 0.5) is 11.9 Å². The van der Waals surface area contributed by atoms with Crippen LogP contribution in [0.1, 0.15) is 31.0 Å². The molecule has 1 unspecified atom stereocenters. The monoisotopic (exact) mass is 271 g/mol. The van der Waals surface area contributed by atoms with Gasteiger partial charge in [0.05, 0.1) is 6.04 Å². The maximum Gasteiger partial charge on any atom is 0.234 e. The van der Waals surface area contributed by atoms with Gasteiger partial charge in [0.15, 0.2) is 0 Å². The smallest absolute Gasteiger partial charge is 0.234 e. The summed E-state index contributed by atoms with van der Waals surface area (Å²) < 4.78 is 0. The molecule has 2 rings (SSSR count). The van der Waals surface area contributed by atoms with E-state index in [9.17, 15) is 4.79 Å². The van der Waals surface area contributed by atoms with Crippen molar-refractivity contribution in [2.45, 2.75) is 26.8 Å². The van der Waals surface area contributed by atoms with Gasteiger partial charge in [-0.3, -0.25) is 10.1 Å². The number of anilines is 2. The molecule has 1 atom stereocenters. The molecule has 0 aliphatic rings. The molecule has 0 saturated heterocycles. The molecule has 0 saturated carbocycles. The summed E-state index contributed by atoms with van der Waals surface area (Å²) in [5, 5.41) is 5.70. The van der Waals surface area contributed by atoms with Gasteiger partial charge in [-0.05, 0) is 19.4 Å². The molecule has 2 N–H and O–H groups in total. The number of nitrogens with zero attached hydrogens (tertiary/aromatic N) is 3. The number of aromatic nitrogens is 3. The molecule has 1 heterocycles. The Bertz CT molecular complexity index is 597. The summed E-state index contributed by atoms with van der Waals surface area (Å²) in [6.45, 7) is 5.48. The lowest BCUT2D eigenvalue weighted by atomic mass is 10.1. The summed E-state index contributed by atoms with van der Waals surface area (Å²) >= 11 is 0. The van der Waals surface area contributed by atoms with Crippen LogP contribution in [0.3, 0.4) is 0 Å². The highest BCUT2D eigenvalue weighted by Gasteiger charge is 2.08. The zero-order chi connectivity index (χ0) is 14.5. The molecule has 6 nitrogen and oxygen atoms in total. The fraction of sp³-hybridized carbons (Fsp3) is 0.286. The van der Waals surface area contributed by atoms with Gasteiger partial charge >= 0.3 is 0 Å². The Morgan fingerprint density at radius 1 is 1.15 bits per heavy atom. The number of carbonyl (C=O) groups excluding carboxylic acids is 1. The molecular weight excluding hydrogens is 254 g/mol. The highest BCUT2D eigenvalue weighted by Crippen LogP contribution is 2.17. The summed E-state index contributed by atoms with van der Waals surface area (Å²) in [6.07, 6.45) is 1.36. The van der Waals surface area contributed by atoms with Gasteiger partial charge in [0, 0.05) is 6.92 Å². The van der Waals surface area contributed by atoms with E-state index in [0.29, 0.717) is 5.95 Å². The molecule has 6 heteroatoms. The molecule has 1 aromatic heterocycles. The zero-order valence-electron chi connectivity index (χ0n) is 11.7. The molecule has 0 bridgehead atoms. The molecule has 20 heavy (non-hydrogen) atoms. The second-order valence-corrected chi connectivity index (χ2v) is 4.59. The molecular formula is C14H17N5O. The van der Waals surface area contributed by atoms with Gasteiger partial charge < -0.3 is 5.32 Å². The Balaban J connectivity index is 2.09. The van der Waals surface area contributed by atoms with E-state index in [4.69, 9.17) is 0 Å². The Kier molecular flexibility index (Phi) is 4.24. The molecule has 1 amide bonds. The SMILES string of the molecule is CC(=O)Nc1ncnc(NC(C)c2ccc(C)cc2)n1. The van der Waals surface area contributed by atoms with Gasteiger partial charge in [-0.25, -0.2) is 9.97 Å². The Hall–Kier alpha value is -2.50. The van der Waals surface area contributed by atoms with Crippen LogP contribution in [-0.4, -0.2) is 20.9 Å². The predicted molar refractivity (Wildman–Crippen MR) is 77.3 cm³/mol. The second kappa shape index (κ2) is 6.10. The summed E-state index contributed by atoms with van der Waals surface area (Å²) in [6, 6.07) is 8.29. The van der Waals surface area contributed by atoms with Gasteiger partial charge in [-0.15, -0.1) is 0 Å². The van der Waals surface area contributed by atoms with E-state index < -0.39 is 0 Å². The minimum Gasteiger partial charge on any atom is -0.348 e. The lowest BCUT2D eigenvalue weighted by Gasteiger charge is -2.14. The molecule has 0 radical (unpaired) electrons. The maximum absolute atomic E-state index is 11.0. The second-order valence-electron chi connectivity index (χ2n) is 4.59. The van der Waals surface area contributed by atoms with Crippen molar-refractivity contribution in [3.05, 3.63) is 41.7 Å². The average Bonchev–Trinajstić information content (AvgIpc) is 2.39. The Labute approximate surface area is 117 Å². The largest absolute Gasteiger partial charge is 0.348 e. The van der Waals surface area contributed by atoms with Crippen molar-refractivity contribution in [2.24, 2.45) is 0 Å². The minimum absolute atomic E-state index is 0.0585. The standard InChI is InChI=1S/C14H17N5O/c1-9-4-6-12(7-5-9)10(2)17-13-15-8-16-14(19-13)18-11(3)20/h4-8,10H,1-3H3,(H2,15,16,17,18,19,20). The molecule has 1 aromatic carbocycles. The number of benzene rings is 1. The normalized spacial score (nSPS) is 11.8. The van der Waals surface area contributed by atoms with E-state index in [0.717, 1.165) is 5.56 Å². The van der Waals surface area contributed by atoms with E-state index in [-0.39, 0.29) is 17.9 Å². The molecule has 2 aromatic rings. The van der Waals surface area contributed by atoms with Crippen molar-refractivity contribution < 1.29 is 4.79 Å². The quantitative estimate of drug-likeness (QED) is 0.892. The van der Waals surface area contributed by atoms with Crippen LogP contribution < -0.4 is 10.6 Å². The van der Waals surface area contributed by atoms with E-state index in [1.165, 1.54) is 18.8 Å². The number of nitrogens with one attached hydrogen (secondary N) is 2. The van der Waals surface area contributed by atoms with E-state index >= 15 is 0 Å². The van der Waals surface area contributed by atoms with E-state index in [2.05, 4.69) is 49.9 Å². The fourth-order valence-corrected chi connectivity index (χ4v) is 1.72. The number of aryl methyl sites for hydroxylation is 1. The van der Waals surface area contributed by atoms with Crippen molar-refractivity contribution in [2.75, 3.05) is 10.6 Å². The van der Waals surface area contributed by atoms with Crippen LogP contribution in [0.15, 0.2) is 30.6 Å². The van der Waals surface area contributed by atoms with Crippen LogP contribution in [0, 0.1) is 6.92 Å². The van der Waals surface area contributed by atoms with Crippen molar-refractivity contribution >= 4 is 17.8 Å². The minimum atomic E-state index is -0.214. The highest BCUT2D eigenvalue weighted by molar-refractivity contribution is 5.86. The average molecular weight is 271 g/mol. The number of hydrogen-bond donors (Lipinski definition) is 2. The zero-order valence-corrected chi connectivity index (χ0v) is 11.7. The lowest BCUT2D eigenvalue weighted by Crippen LogP contribution is -2.13. The van der Waals surface area contributed by atoms with Crippen molar-refractivity contribution in [1.82, 2.24) is 15.0 Å². The molecule has 104 valence electrons. The molecule has 0 aliphatic carbocycles. The highest BCUT2D eigenvalue weighted by atomic mass is 16.1. The van der Waals surface area contributed by atoms with Gasteiger partial charge in [0.1, 0.15) is 6.33 Å². The number of rotatable bonds is 4. The first kappa shape index (κ1) is 13.9.